The number of hydrogen-bond acceptors (Lipinski definition) is 8. The molecule has 2 atom stereocenters. The lowest BCUT2D eigenvalue weighted by Gasteiger charge is -2.44. The number of rotatable bonds is 5. The Morgan fingerprint density at radius 1 is 0.818 bits per heavy atom. The summed E-state index contributed by atoms with van der Waals surface area (Å²) in [5.74, 6) is -1.43. The minimum Gasteiger partial charge on any atom is -0.485 e. The minimum atomic E-state index is -0.785. The van der Waals surface area contributed by atoms with Gasteiger partial charge in [-0.05, 0) is 26.0 Å². The Morgan fingerprint density at radius 3 is 2.14 bits per heavy atom. The van der Waals surface area contributed by atoms with E-state index in [1.165, 1.54) is 6.08 Å². The molecule has 9 nitrogen and oxygen atoms in total. The van der Waals surface area contributed by atoms with Crippen molar-refractivity contribution in [3.05, 3.63) is 130 Å². The predicted molar refractivity (Wildman–Crippen MR) is 165 cm³/mol. The van der Waals surface area contributed by atoms with E-state index in [0.717, 1.165) is 0 Å². The largest absolute Gasteiger partial charge is 0.485 e. The van der Waals surface area contributed by atoms with Crippen LogP contribution in [0.4, 0.5) is 5.69 Å². The van der Waals surface area contributed by atoms with E-state index in [1.807, 2.05) is 44.2 Å². The van der Waals surface area contributed by atoms with Crippen LogP contribution in [0.5, 0.6) is 0 Å². The van der Waals surface area contributed by atoms with Crippen LogP contribution in [0.1, 0.15) is 62.2 Å². The number of halogens is 1. The number of ketones is 4. The monoisotopic (exact) mass is 648 g/mol. The predicted octanol–water partition coefficient (Wildman–Crippen LogP) is 5.54. The Kier molecular flexibility index (Phi) is 6.55. The summed E-state index contributed by atoms with van der Waals surface area (Å²) in [4.78, 5) is 54.7. The molecule has 2 heterocycles. The van der Waals surface area contributed by atoms with Crippen LogP contribution in [0, 0.1) is 0 Å². The molecule has 3 aromatic carbocycles. The molecule has 0 amide bonds. The molecular formula is C34H25BrN4O5. The van der Waals surface area contributed by atoms with E-state index in [0.29, 0.717) is 39.4 Å². The first kappa shape index (κ1) is 27.8. The van der Waals surface area contributed by atoms with E-state index in [1.54, 1.807) is 64.3 Å². The second-order valence-electron chi connectivity index (χ2n) is 11.4. The number of hydrogen-bond donors (Lipinski definition) is 0. The molecular weight excluding hydrogens is 624 g/mol. The maximum Gasteiger partial charge on any atom is 0.235 e. The van der Waals surface area contributed by atoms with Crippen LogP contribution in [0.3, 0.4) is 0 Å². The van der Waals surface area contributed by atoms with E-state index in [-0.39, 0.29) is 29.4 Å². The molecule has 0 bridgehead atoms. The van der Waals surface area contributed by atoms with Crippen LogP contribution in [0.15, 0.2) is 102 Å². The quantitative estimate of drug-likeness (QED) is 0.205. The summed E-state index contributed by atoms with van der Waals surface area (Å²) in [5, 5.41) is 8.83. The maximum atomic E-state index is 13.7. The zero-order valence-electron chi connectivity index (χ0n) is 23.7. The fraction of sp³-hybridized carbons (Fsp3) is 0.176. The Labute approximate surface area is 260 Å². The van der Waals surface area contributed by atoms with Crippen molar-refractivity contribution in [3.8, 4) is 0 Å². The number of carbonyl (C=O) groups is 4. The first-order valence-electron chi connectivity index (χ1n) is 14.0. The fourth-order valence-electron chi connectivity index (χ4n) is 5.97. The number of aromatic nitrogens is 3. The summed E-state index contributed by atoms with van der Waals surface area (Å²) in [6, 6.07) is 22.2. The van der Waals surface area contributed by atoms with Crippen LogP contribution in [-0.4, -0.2) is 48.6 Å². The van der Waals surface area contributed by atoms with Gasteiger partial charge in [0, 0.05) is 34.0 Å². The van der Waals surface area contributed by atoms with Crippen LogP contribution >= 0.6 is 15.9 Å². The first-order valence-corrected chi connectivity index (χ1v) is 15.0. The molecule has 2 aliphatic carbocycles. The standard InChI is InChI=1S/C34H25BrN4O5/c1-34(2)33(35)28(27-31(43)30(42)23-14-8-9-15-24(23)32(27)44-34)39-18-19(36-37-39)17-38(20-10-4-3-5-11-20)25-16-26(40)21-12-6-7-13-22(21)29(25)41/h3-16,18,28,33H,17H2,1-2H3/t28-,33+/m1/s1. The van der Waals surface area contributed by atoms with E-state index < -0.39 is 28.0 Å². The van der Waals surface area contributed by atoms with Gasteiger partial charge in [-0.15, -0.1) is 5.10 Å². The second kappa shape index (κ2) is 10.3. The molecule has 1 aromatic heterocycles. The van der Waals surface area contributed by atoms with E-state index in [9.17, 15) is 19.2 Å². The molecule has 10 heteroatoms. The van der Waals surface area contributed by atoms with Crippen molar-refractivity contribution in [2.24, 2.45) is 0 Å². The number of benzene rings is 3. The number of allylic oxidation sites excluding steroid dienone is 3. The third-order valence-electron chi connectivity index (χ3n) is 8.17. The third-order valence-corrected chi connectivity index (χ3v) is 9.78. The van der Waals surface area contributed by atoms with Crippen molar-refractivity contribution in [1.82, 2.24) is 15.0 Å². The normalized spacial score (nSPS) is 20.4. The molecule has 7 rings (SSSR count). The van der Waals surface area contributed by atoms with Crippen molar-refractivity contribution < 1.29 is 23.9 Å². The smallest absolute Gasteiger partial charge is 0.235 e. The third kappa shape index (κ3) is 4.36. The molecule has 0 spiro atoms. The highest BCUT2D eigenvalue weighted by molar-refractivity contribution is 9.09. The number of alkyl halides is 1. The highest BCUT2D eigenvalue weighted by Crippen LogP contribution is 2.48. The molecule has 3 aliphatic rings. The van der Waals surface area contributed by atoms with Crippen molar-refractivity contribution in [3.63, 3.8) is 0 Å². The van der Waals surface area contributed by atoms with Gasteiger partial charge in [-0.25, -0.2) is 4.68 Å². The SMILES string of the molecule is CC1(C)OC2=C(C(=O)C(=O)c3ccccc32)[C@@H](n2cc(CN(C3=CC(=O)c4ccccc4C3=O)c3ccccc3)nn2)[C@@H]1Br. The summed E-state index contributed by atoms with van der Waals surface area (Å²) in [7, 11) is 0. The van der Waals surface area contributed by atoms with Crippen molar-refractivity contribution in [1.29, 1.82) is 0 Å². The van der Waals surface area contributed by atoms with Crippen LogP contribution in [0.25, 0.3) is 5.76 Å². The lowest BCUT2D eigenvalue weighted by molar-refractivity contribution is -0.113. The van der Waals surface area contributed by atoms with Gasteiger partial charge in [-0.2, -0.15) is 0 Å². The van der Waals surface area contributed by atoms with Gasteiger partial charge in [-0.1, -0.05) is 87.9 Å². The van der Waals surface area contributed by atoms with Gasteiger partial charge in [-0.3, -0.25) is 19.2 Å². The van der Waals surface area contributed by atoms with Crippen molar-refractivity contribution in [2.45, 2.75) is 36.9 Å². The lowest BCUT2D eigenvalue weighted by Crippen LogP contribution is -2.48. The molecule has 1 aliphatic heterocycles. The number of Topliss-reactive ketones (excluding diaryl/α,β-unsaturated/α-hetero) is 3. The summed E-state index contributed by atoms with van der Waals surface area (Å²) < 4.78 is 7.92. The molecule has 0 radical (unpaired) electrons. The van der Waals surface area contributed by atoms with Gasteiger partial charge in [0.2, 0.25) is 17.3 Å². The molecule has 4 aromatic rings. The van der Waals surface area contributed by atoms with E-state index in [4.69, 9.17) is 4.74 Å². The number of nitrogens with zero attached hydrogens (tertiary/aromatic N) is 4. The van der Waals surface area contributed by atoms with E-state index in [2.05, 4.69) is 26.2 Å². The Hall–Kier alpha value is -4.96. The second-order valence-corrected chi connectivity index (χ2v) is 12.4. The highest BCUT2D eigenvalue weighted by atomic mass is 79.9. The summed E-state index contributed by atoms with van der Waals surface area (Å²) in [6.07, 6.45) is 3.06. The fourth-order valence-corrected chi connectivity index (χ4v) is 6.57. The Balaban J connectivity index is 1.30. The number of ether oxygens (including phenoxy) is 1. The van der Waals surface area contributed by atoms with E-state index >= 15 is 0 Å². The Morgan fingerprint density at radius 2 is 1.43 bits per heavy atom. The zero-order valence-corrected chi connectivity index (χ0v) is 25.3. The van der Waals surface area contributed by atoms with Gasteiger partial charge < -0.3 is 9.64 Å². The molecule has 0 saturated heterocycles. The summed E-state index contributed by atoms with van der Waals surface area (Å²) >= 11 is 3.74. The zero-order chi connectivity index (χ0) is 30.7. The van der Waals surface area contributed by atoms with Crippen LogP contribution in [-0.2, 0) is 16.1 Å². The van der Waals surface area contributed by atoms with Crippen molar-refractivity contribution in [2.75, 3.05) is 4.90 Å². The molecule has 0 saturated carbocycles. The van der Waals surface area contributed by atoms with Crippen LogP contribution in [0.2, 0.25) is 0 Å². The minimum absolute atomic E-state index is 0.109. The molecule has 0 unspecified atom stereocenters. The van der Waals surface area contributed by atoms with Gasteiger partial charge in [0.05, 0.1) is 28.8 Å². The number of para-hydroxylation sites is 1. The molecule has 0 fully saturated rings. The van der Waals surface area contributed by atoms with Gasteiger partial charge in [0.1, 0.15) is 23.1 Å². The van der Waals surface area contributed by atoms with Crippen molar-refractivity contribution >= 4 is 50.5 Å². The topological polar surface area (TPSA) is 111 Å². The molecule has 218 valence electrons. The van der Waals surface area contributed by atoms with Gasteiger partial charge in [0.25, 0.3) is 0 Å². The Bertz CT molecular complexity index is 1960. The maximum absolute atomic E-state index is 13.7. The average Bonchev–Trinajstić information content (AvgIpc) is 3.50. The van der Waals surface area contributed by atoms with Gasteiger partial charge >= 0.3 is 0 Å². The summed E-state index contributed by atoms with van der Waals surface area (Å²) in [5.41, 5.74) is 2.38. The number of fused-ring (bicyclic) bond motifs is 3. The molecule has 44 heavy (non-hydrogen) atoms. The highest BCUT2D eigenvalue weighted by Gasteiger charge is 2.51. The number of anilines is 1. The lowest BCUT2D eigenvalue weighted by atomic mass is 9.79. The van der Waals surface area contributed by atoms with Gasteiger partial charge in [0.15, 0.2) is 5.78 Å². The first-order chi connectivity index (χ1) is 21.2. The summed E-state index contributed by atoms with van der Waals surface area (Å²) in [6.45, 7) is 3.91. The average molecular weight is 650 g/mol. The molecule has 0 N–H and O–H groups in total. The number of carbonyl (C=O) groups excluding carboxylic acids is 4. The van der Waals surface area contributed by atoms with Crippen LogP contribution < -0.4 is 4.90 Å².